The summed E-state index contributed by atoms with van der Waals surface area (Å²) in [6, 6.07) is 17.2. The number of rotatable bonds is 2. The van der Waals surface area contributed by atoms with Gasteiger partial charge in [0, 0.05) is 14.7 Å². The van der Waals surface area contributed by atoms with Crippen LogP contribution in [0.15, 0.2) is 62.5 Å². The van der Waals surface area contributed by atoms with Crippen LogP contribution in [0.3, 0.4) is 0 Å². The zero-order valence-electron chi connectivity index (χ0n) is 10.3. The predicted octanol–water partition coefficient (Wildman–Crippen LogP) is 5.54. The molecule has 19 heavy (non-hydrogen) atoms. The van der Waals surface area contributed by atoms with E-state index in [1.165, 1.54) is 16.8 Å². The quantitative estimate of drug-likeness (QED) is 0.650. The van der Waals surface area contributed by atoms with Crippen LogP contribution in [0.1, 0.15) is 30.0 Å². The van der Waals surface area contributed by atoms with Crippen LogP contribution < -0.4 is 0 Å². The molecule has 0 saturated heterocycles. The van der Waals surface area contributed by atoms with Gasteiger partial charge < -0.3 is 0 Å². The molecule has 96 valence electrons. The molecule has 3 heteroatoms. The van der Waals surface area contributed by atoms with Crippen molar-refractivity contribution in [3.05, 3.63) is 68.6 Å². The van der Waals surface area contributed by atoms with E-state index in [1.54, 1.807) is 0 Å². The summed E-state index contributed by atoms with van der Waals surface area (Å²) in [5.41, 5.74) is 3.76. The van der Waals surface area contributed by atoms with Crippen molar-refractivity contribution in [2.24, 2.45) is 4.99 Å². The van der Waals surface area contributed by atoms with Gasteiger partial charge >= 0.3 is 0 Å². The van der Waals surface area contributed by atoms with E-state index < -0.39 is 0 Å². The van der Waals surface area contributed by atoms with Crippen molar-refractivity contribution < 1.29 is 0 Å². The van der Waals surface area contributed by atoms with Gasteiger partial charge in [0.05, 0.1) is 6.04 Å². The van der Waals surface area contributed by atoms with Crippen molar-refractivity contribution >= 4 is 37.6 Å². The van der Waals surface area contributed by atoms with E-state index >= 15 is 0 Å². The van der Waals surface area contributed by atoms with Crippen molar-refractivity contribution in [1.82, 2.24) is 0 Å². The summed E-state index contributed by atoms with van der Waals surface area (Å²) in [5.74, 6) is 0. The van der Waals surface area contributed by atoms with Crippen molar-refractivity contribution in [3.63, 3.8) is 0 Å². The van der Waals surface area contributed by atoms with Crippen molar-refractivity contribution in [1.29, 1.82) is 0 Å². The van der Waals surface area contributed by atoms with Crippen LogP contribution in [0.25, 0.3) is 0 Å². The predicted molar refractivity (Wildman–Crippen MR) is 86.8 cm³/mol. The number of benzene rings is 2. The first-order valence-corrected chi connectivity index (χ1v) is 7.89. The lowest BCUT2D eigenvalue weighted by Gasteiger charge is -2.06. The lowest BCUT2D eigenvalue weighted by Crippen LogP contribution is -1.94. The van der Waals surface area contributed by atoms with E-state index in [-0.39, 0.29) is 0 Å². The molecule has 1 unspecified atom stereocenters. The second-order valence-electron chi connectivity index (χ2n) is 4.69. The average molecular weight is 379 g/mol. The first-order valence-electron chi connectivity index (χ1n) is 6.30. The molecule has 0 N–H and O–H groups in total. The third kappa shape index (κ3) is 2.98. The zero-order chi connectivity index (χ0) is 13.2. The molecule has 0 amide bonds. The number of halogens is 2. The summed E-state index contributed by atoms with van der Waals surface area (Å²) in [6.45, 7) is 0. The molecule has 1 aliphatic rings. The lowest BCUT2D eigenvalue weighted by atomic mass is 10.0. The molecule has 1 atom stereocenters. The molecule has 1 nitrogen and oxygen atoms in total. The summed E-state index contributed by atoms with van der Waals surface area (Å²) in [5, 5.41) is 0. The molecule has 0 saturated carbocycles. The minimum atomic E-state index is 0.312. The van der Waals surface area contributed by atoms with Gasteiger partial charge in [0.25, 0.3) is 0 Å². The van der Waals surface area contributed by atoms with Gasteiger partial charge in [-0.25, -0.2) is 0 Å². The Bertz CT molecular complexity index is 600. The fourth-order valence-electron chi connectivity index (χ4n) is 2.38. The Morgan fingerprint density at radius 3 is 2.05 bits per heavy atom. The summed E-state index contributed by atoms with van der Waals surface area (Å²) in [4.78, 5) is 4.87. The molecule has 0 spiro atoms. The Hall–Kier alpha value is -0.930. The monoisotopic (exact) mass is 377 g/mol. The normalized spacial score (nSPS) is 18.4. The minimum absolute atomic E-state index is 0.312. The van der Waals surface area contributed by atoms with E-state index in [2.05, 4.69) is 80.4 Å². The van der Waals surface area contributed by atoms with Crippen LogP contribution in [0.5, 0.6) is 0 Å². The van der Waals surface area contributed by atoms with Gasteiger partial charge in [-0.1, -0.05) is 56.1 Å². The molecule has 1 aliphatic heterocycles. The van der Waals surface area contributed by atoms with Crippen LogP contribution in [-0.4, -0.2) is 5.71 Å². The largest absolute Gasteiger partial charge is 0.281 e. The van der Waals surface area contributed by atoms with Crippen LogP contribution in [0, 0.1) is 0 Å². The molecule has 0 radical (unpaired) electrons. The molecule has 3 rings (SSSR count). The van der Waals surface area contributed by atoms with E-state index in [0.29, 0.717) is 6.04 Å². The Morgan fingerprint density at radius 2 is 1.42 bits per heavy atom. The highest BCUT2D eigenvalue weighted by molar-refractivity contribution is 9.10. The van der Waals surface area contributed by atoms with Crippen molar-refractivity contribution in [2.75, 3.05) is 0 Å². The lowest BCUT2D eigenvalue weighted by molar-refractivity contribution is 0.723. The molecule has 1 heterocycles. The highest BCUT2D eigenvalue weighted by Gasteiger charge is 2.19. The van der Waals surface area contributed by atoms with Crippen molar-refractivity contribution in [2.45, 2.75) is 18.9 Å². The van der Waals surface area contributed by atoms with Gasteiger partial charge in [-0.2, -0.15) is 0 Å². The first-order chi connectivity index (χ1) is 9.22. The SMILES string of the molecule is Brc1ccc(C2=NC(c3ccc(Br)cc3)CC2)cc1. The van der Waals surface area contributed by atoms with Crippen LogP contribution in [-0.2, 0) is 0 Å². The Labute approximate surface area is 130 Å². The average Bonchev–Trinajstić information content (AvgIpc) is 2.90. The maximum Gasteiger partial charge on any atom is 0.0756 e. The molecule has 2 aromatic rings. The number of nitrogens with zero attached hydrogens (tertiary/aromatic N) is 1. The molecule has 2 aromatic carbocycles. The fourth-order valence-corrected chi connectivity index (χ4v) is 2.91. The van der Waals surface area contributed by atoms with Gasteiger partial charge in [-0.3, -0.25) is 4.99 Å². The van der Waals surface area contributed by atoms with Crippen LogP contribution in [0.2, 0.25) is 0 Å². The van der Waals surface area contributed by atoms with Crippen molar-refractivity contribution in [3.8, 4) is 0 Å². The smallest absolute Gasteiger partial charge is 0.0756 e. The Balaban J connectivity index is 1.84. The number of hydrogen-bond donors (Lipinski definition) is 0. The van der Waals surface area contributed by atoms with E-state index in [4.69, 9.17) is 4.99 Å². The number of aliphatic imine (C=N–C) groups is 1. The minimum Gasteiger partial charge on any atom is -0.281 e. The Kier molecular flexibility index (Phi) is 3.85. The molecular formula is C16H13Br2N. The first kappa shape index (κ1) is 13.1. The van der Waals surface area contributed by atoms with E-state index in [9.17, 15) is 0 Å². The van der Waals surface area contributed by atoms with Gasteiger partial charge in [0.2, 0.25) is 0 Å². The van der Waals surface area contributed by atoms with Crippen LogP contribution >= 0.6 is 31.9 Å². The van der Waals surface area contributed by atoms with E-state index in [1.807, 2.05) is 0 Å². The fraction of sp³-hybridized carbons (Fsp3) is 0.188. The summed E-state index contributed by atoms with van der Waals surface area (Å²) >= 11 is 6.93. The highest BCUT2D eigenvalue weighted by atomic mass is 79.9. The molecule has 0 fully saturated rings. The molecular weight excluding hydrogens is 366 g/mol. The maximum atomic E-state index is 4.87. The Morgan fingerprint density at radius 1 is 0.842 bits per heavy atom. The number of hydrogen-bond acceptors (Lipinski definition) is 1. The summed E-state index contributed by atoms with van der Waals surface area (Å²) in [6.07, 6.45) is 2.16. The standard InChI is InChI=1S/C16H13Br2N/c17-13-5-1-11(2-6-13)15-9-10-16(19-15)12-3-7-14(18)8-4-12/h1-8,15H,9-10H2. The van der Waals surface area contributed by atoms with Gasteiger partial charge in [0.15, 0.2) is 0 Å². The summed E-state index contributed by atoms with van der Waals surface area (Å²) < 4.78 is 2.23. The van der Waals surface area contributed by atoms with Crippen LogP contribution in [0.4, 0.5) is 0 Å². The summed E-state index contributed by atoms with van der Waals surface area (Å²) in [7, 11) is 0. The molecule has 0 aromatic heterocycles. The van der Waals surface area contributed by atoms with Gasteiger partial charge in [-0.05, 0) is 48.2 Å². The second-order valence-corrected chi connectivity index (χ2v) is 6.52. The van der Waals surface area contributed by atoms with E-state index in [0.717, 1.165) is 21.8 Å². The van der Waals surface area contributed by atoms with Gasteiger partial charge in [-0.15, -0.1) is 0 Å². The molecule has 0 bridgehead atoms. The third-order valence-corrected chi connectivity index (χ3v) is 4.46. The molecule has 0 aliphatic carbocycles. The third-order valence-electron chi connectivity index (χ3n) is 3.40. The highest BCUT2D eigenvalue weighted by Crippen LogP contribution is 2.31. The topological polar surface area (TPSA) is 12.4 Å². The second kappa shape index (κ2) is 5.59. The zero-order valence-corrected chi connectivity index (χ0v) is 13.5. The maximum absolute atomic E-state index is 4.87. The van der Waals surface area contributed by atoms with Gasteiger partial charge in [0.1, 0.15) is 0 Å².